The van der Waals surface area contributed by atoms with Gasteiger partial charge in [0.1, 0.15) is 0 Å². The molecule has 0 bridgehead atoms. The first-order valence-corrected chi connectivity index (χ1v) is 7.47. The Morgan fingerprint density at radius 3 is 2.32 bits per heavy atom. The minimum absolute atomic E-state index is 0.340. The number of aryl methyl sites for hydroxylation is 1. The normalized spacial score (nSPS) is 26.2. The lowest BCUT2D eigenvalue weighted by molar-refractivity contribution is 0.0526. The number of pyridine rings is 1. The van der Waals surface area contributed by atoms with Gasteiger partial charge in [-0.15, -0.1) is 0 Å². The predicted octanol–water partition coefficient (Wildman–Crippen LogP) is 4.28. The molecule has 2 nitrogen and oxygen atoms in total. The van der Waals surface area contributed by atoms with Crippen molar-refractivity contribution in [1.29, 1.82) is 0 Å². The van der Waals surface area contributed by atoms with E-state index in [0.29, 0.717) is 11.3 Å². The summed E-state index contributed by atoms with van der Waals surface area (Å²) in [5.41, 5.74) is 2.51. The number of hydrogen-bond donors (Lipinski definition) is 1. The van der Waals surface area contributed by atoms with Crippen molar-refractivity contribution in [3.05, 3.63) is 29.6 Å². The second-order valence-corrected chi connectivity index (χ2v) is 7.22. The van der Waals surface area contributed by atoms with E-state index < -0.39 is 0 Å². The highest BCUT2D eigenvalue weighted by atomic mass is 16.3. The highest BCUT2D eigenvalue weighted by Crippen LogP contribution is 2.43. The molecule has 0 spiro atoms. The Balaban J connectivity index is 1.98. The lowest BCUT2D eigenvalue weighted by Crippen LogP contribution is -2.28. The van der Waals surface area contributed by atoms with Gasteiger partial charge in [-0.3, -0.25) is 4.98 Å². The van der Waals surface area contributed by atoms with Crippen LogP contribution >= 0.6 is 0 Å². The maximum absolute atomic E-state index is 10.5. The molecule has 1 aromatic rings. The van der Waals surface area contributed by atoms with Crippen LogP contribution in [0.2, 0.25) is 0 Å². The van der Waals surface area contributed by atoms with Gasteiger partial charge in [0.05, 0.1) is 6.10 Å². The molecule has 1 unspecified atom stereocenters. The molecule has 2 heteroatoms. The summed E-state index contributed by atoms with van der Waals surface area (Å²) < 4.78 is 0. The SMILES string of the molecule is Cc1cncc(C(O)C2CCC(C(C)(C)C)CC2)c1. The van der Waals surface area contributed by atoms with Crippen LogP contribution in [-0.2, 0) is 0 Å². The third kappa shape index (κ3) is 3.56. The molecule has 1 aromatic heterocycles. The molecule has 2 rings (SSSR count). The average molecular weight is 261 g/mol. The van der Waals surface area contributed by atoms with Gasteiger partial charge in [0, 0.05) is 12.4 Å². The predicted molar refractivity (Wildman–Crippen MR) is 78.8 cm³/mol. The van der Waals surface area contributed by atoms with Gasteiger partial charge in [-0.1, -0.05) is 26.8 Å². The molecule has 0 amide bonds. The molecule has 1 saturated carbocycles. The molecule has 0 aromatic carbocycles. The Kier molecular flexibility index (Phi) is 4.29. The van der Waals surface area contributed by atoms with Crippen LogP contribution in [0.3, 0.4) is 0 Å². The van der Waals surface area contributed by atoms with Gasteiger partial charge in [-0.2, -0.15) is 0 Å². The number of hydrogen-bond acceptors (Lipinski definition) is 2. The zero-order chi connectivity index (χ0) is 14.0. The number of aliphatic hydroxyl groups is 1. The summed E-state index contributed by atoms with van der Waals surface area (Å²) in [4.78, 5) is 4.19. The second-order valence-electron chi connectivity index (χ2n) is 7.22. The number of aliphatic hydroxyl groups excluding tert-OH is 1. The molecular weight excluding hydrogens is 234 g/mol. The summed E-state index contributed by atoms with van der Waals surface area (Å²) in [5.74, 6) is 1.20. The van der Waals surface area contributed by atoms with E-state index in [0.717, 1.165) is 29.9 Å². The molecule has 0 aliphatic heterocycles. The van der Waals surface area contributed by atoms with Gasteiger partial charge >= 0.3 is 0 Å². The maximum atomic E-state index is 10.5. The molecular formula is C17H27NO. The summed E-state index contributed by atoms with van der Waals surface area (Å²) in [6.07, 6.45) is 8.07. The number of aromatic nitrogens is 1. The van der Waals surface area contributed by atoms with Crippen molar-refractivity contribution in [3.8, 4) is 0 Å². The Bertz CT molecular complexity index is 414. The summed E-state index contributed by atoms with van der Waals surface area (Å²) in [6.45, 7) is 9.02. The Hall–Kier alpha value is -0.890. The molecule has 106 valence electrons. The minimum atomic E-state index is -0.340. The van der Waals surface area contributed by atoms with Crippen LogP contribution in [0.15, 0.2) is 18.5 Å². The fourth-order valence-corrected chi connectivity index (χ4v) is 3.31. The third-order valence-corrected chi connectivity index (χ3v) is 4.68. The molecule has 1 aliphatic carbocycles. The lowest BCUT2D eigenvalue weighted by Gasteiger charge is -2.38. The molecule has 1 aliphatic rings. The number of rotatable bonds is 2. The Morgan fingerprint density at radius 1 is 1.16 bits per heavy atom. The molecule has 0 saturated heterocycles. The quantitative estimate of drug-likeness (QED) is 0.862. The summed E-state index contributed by atoms with van der Waals surface area (Å²) in [6, 6.07) is 2.06. The first-order chi connectivity index (χ1) is 8.88. The van der Waals surface area contributed by atoms with Crippen LogP contribution in [0.4, 0.5) is 0 Å². The molecule has 1 heterocycles. The molecule has 19 heavy (non-hydrogen) atoms. The molecule has 1 atom stereocenters. The summed E-state index contributed by atoms with van der Waals surface area (Å²) in [5, 5.41) is 10.5. The van der Waals surface area contributed by atoms with E-state index >= 15 is 0 Å². The van der Waals surface area contributed by atoms with Crippen LogP contribution in [0.5, 0.6) is 0 Å². The summed E-state index contributed by atoms with van der Waals surface area (Å²) >= 11 is 0. The van der Waals surface area contributed by atoms with Crippen LogP contribution in [0.25, 0.3) is 0 Å². The first kappa shape index (κ1) is 14.5. The van der Waals surface area contributed by atoms with E-state index in [1.807, 2.05) is 19.3 Å². The van der Waals surface area contributed by atoms with Crippen LogP contribution in [-0.4, -0.2) is 10.1 Å². The van der Waals surface area contributed by atoms with Crippen molar-refractivity contribution in [2.75, 3.05) is 0 Å². The topological polar surface area (TPSA) is 33.1 Å². The van der Waals surface area contributed by atoms with E-state index in [-0.39, 0.29) is 6.10 Å². The van der Waals surface area contributed by atoms with Gasteiger partial charge in [0.2, 0.25) is 0 Å². The Morgan fingerprint density at radius 2 is 1.79 bits per heavy atom. The molecule has 1 fully saturated rings. The van der Waals surface area contributed by atoms with Crippen molar-refractivity contribution >= 4 is 0 Å². The third-order valence-electron chi connectivity index (χ3n) is 4.68. The van der Waals surface area contributed by atoms with Crippen molar-refractivity contribution < 1.29 is 5.11 Å². The van der Waals surface area contributed by atoms with Crippen molar-refractivity contribution in [1.82, 2.24) is 4.98 Å². The van der Waals surface area contributed by atoms with Gasteiger partial charge in [-0.05, 0) is 61.0 Å². The van der Waals surface area contributed by atoms with E-state index in [1.54, 1.807) is 0 Å². The van der Waals surface area contributed by atoms with Gasteiger partial charge in [-0.25, -0.2) is 0 Å². The van der Waals surface area contributed by atoms with E-state index in [4.69, 9.17) is 0 Å². The fraction of sp³-hybridized carbons (Fsp3) is 0.706. The van der Waals surface area contributed by atoms with Crippen molar-refractivity contribution in [2.45, 2.75) is 59.5 Å². The molecule has 0 radical (unpaired) electrons. The monoisotopic (exact) mass is 261 g/mol. The largest absolute Gasteiger partial charge is 0.388 e. The average Bonchev–Trinajstić information content (AvgIpc) is 2.37. The Labute approximate surface area is 117 Å². The van der Waals surface area contributed by atoms with Gasteiger partial charge in [0.25, 0.3) is 0 Å². The zero-order valence-corrected chi connectivity index (χ0v) is 12.7. The zero-order valence-electron chi connectivity index (χ0n) is 12.7. The van der Waals surface area contributed by atoms with Gasteiger partial charge < -0.3 is 5.11 Å². The lowest BCUT2D eigenvalue weighted by atomic mass is 9.68. The highest BCUT2D eigenvalue weighted by molar-refractivity contribution is 5.19. The van der Waals surface area contributed by atoms with E-state index in [9.17, 15) is 5.11 Å². The van der Waals surface area contributed by atoms with Crippen molar-refractivity contribution in [3.63, 3.8) is 0 Å². The van der Waals surface area contributed by atoms with E-state index in [2.05, 4.69) is 31.8 Å². The highest BCUT2D eigenvalue weighted by Gasteiger charge is 2.32. The first-order valence-electron chi connectivity index (χ1n) is 7.47. The second kappa shape index (κ2) is 5.62. The van der Waals surface area contributed by atoms with Crippen LogP contribution in [0.1, 0.15) is 63.7 Å². The smallest absolute Gasteiger partial charge is 0.0833 e. The maximum Gasteiger partial charge on any atom is 0.0833 e. The van der Waals surface area contributed by atoms with Crippen LogP contribution in [0, 0.1) is 24.2 Å². The minimum Gasteiger partial charge on any atom is -0.388 e. The van der Waals surface area contributed by atoms with Crippen LogP contribution < -0.4 is 0 Å². The van der Waals surface area contributed by atoms with E-state index in [1.165, 1.54) is 12.8 Å². The number of nitrogens with zero attached hydrogens (tertiary/aromatic N) is 1. The molecule has 1 N–H and O–H groups in total. The van der Waals surface area contributed by atoms with Gasteiger partial charge in [0.15, 0.2) is 0 Å². The fourth-order valence-electron chi connectivity index (χ4n) is 3.31. The summed E-state index contributed by atoms with van der Waals surface area (Å²) in [7, 11) is 0. The standard InChI is InChI=1S/C17H27NO/c1-12-9-14(11-18-10-12)16(19)13-5-7-15(8-6-13)17(2,3)4/h9-11,13,15-16,19H,5-8H2,1-4H3. The van der Waals surface area contributed by atoms with Crippen molar-refractivity contribution in [2.24, 2.45) is 17.3 Å².